The Morgan fingerprint density at radius 1 is 1.50 bits per heavy atom. The molecule has 1 heterocycles. The number of nitro groups is 1. The molecule has 0 saturated heterocycles. The lowest BCUT2D eigenvalue weighted by Crippen LogP contribution is -2.09. The van der Waals surface area contributed by atoms with E-state index in [1.54, 1.807) is 0 Å². The number of nitrogens with zero attached hydrogens (tertiary/aromatic N) is 2. The van der Waals surface area contributed by atoms with Gasteiger partial charge in [0, 0.05) is 12.7 Å². The summed E-state index contributed by atoms with van der Waals surface area (Å²) in [6, 6.07) is 2.62. The van der Waals surface area contributed by atoms with E-state index in [1.165, 1.54) is 12.1 Å². The summed E-state index contributed by atoms with van der Waals surface area (Å²) in [4.78, 5) is 13.8. The van der Waals surface area contributed by atoms with Gasteiger partial charge in [-0.05, 0) is 13.0 Å². The predicted octanol–water partition coefficient (Wildman–Crippen LogP) is 0.987. The third-order valence-corrected chi connectivity index (χ3v) is 1.73. The molecule has 7 nitrogen and oxygen atoms in total. The fourth-order valence-corrected chi connectivity index (χ4v) is 1.03. The number of anilines is 1. The zero-order valence-electron chi connectivity index (χ0n) is 8.88. The molecule has 88 valence electrons. The van der Waals surface area contributed by atoms with Gasteiger partial charge in [0.15, 0.2) is 0 Å². The third-order valence-electron chi connectivity index (χ3n) is 1.73. The number of pyridine rings is 1. The quantitative estimate of drug-likeness (QED) is 0.441. The van der Waals surface area contributed by atoms with Gasteiger partial charge in [0.2, 0.25) is 0 Å². The number of rotatable bonds is 6. The highest BCUT2D eigenvalue weighted by atomic mass is 16.6. The minimum atomic E-state index is -0.567. The molecule has 2 N–H and O–H groups in total. The molecule has 0 bridgehead atoms. The maximum atomic E-state index is 10.6. The van der Waals surface area contributed by atoms with Crippen LogP contribution in [0.5, 0.6) is 5.88 Å². The highest BCUT2D eigenvalue weighted by Gasteiger charge is 2.16. The molecule has 0 spiro atoms. The van der Waals surface area contributed by atoms with Crippen LogP contribution >= 0.6 is 0 Å². The number of aromatic nitrogens is 1. The van der Waals surface area contributed by atoms with Crippen molar-refractivity contribution in [2.24, 2.45) is 0 Å². The Balaban J connectivity index is 2.68. The molecule has 0 saturated carbocycles. The van der Waals surface area contributed by atoms with Crippen molar-refractivity contribution in [3.63, 3.8) is 0 Å². The molecule has 16 heavy (non-hydrogen) atoms. The Morgan fingerprint density at radius 2 is 2.25 bits per heavy atom. The smallest absolute Gasteiger partial charge is 0.331 e. The largest absolute Gasteiger partial charge is 0.470 e. The normalized spacial score (nSPS) is 10.1. The van der Waals surface area contributed by atoms with Crippen molar-refractivity contribution >= 4 is 11.5 Å². The molecule has 0 unspecified atom stereocenters. The first-order valence-electron chi connectivity index (χ1n) is 4.76. The highest BCUT2D eigenvalue weighted by Crippen LogP contribution is 2.24. The van der Waals surface area contributed by atoms with E-state index in [0.717, 1.165) is 0 Å². The minimum Gasteiger partial charge on any atom is -0.470 e. The van der Waals surface area contributed by atoms with Gasteiger partial charge in [-0.15, -0.1) is 0 Å². The molecule has 1 aromatic heterocycles. The van der Waals surface area contributed by atoms with Gasteiger partial charge in [-0.1, -0.05) is 0 Å². The van der Waals surface area contributed by atoms with E-state index in [2.05, 4.69) is 4.98 Å². The topological polar surface area (TPSA) is 101 Å². The van der Waals surface area contributed by atoms with E-state index in [-0.39, 0.29) is 24.0 Å². The second-order valence-electron chi connectivity index (χ2n) is 2.86. The monoisotopic (exact) mass is 227 g/mol. The van der Waals surface area contributed by atoms with E-state index in [9.17, 15) is 10.1 Å². The molecule has 0 radical (unpaired) electrons. The lowest BCUT2D eigenvalue weighted by atomic mass is 10.4. The van der Waals surface area contributed by atoms with Gasteiger partial charge in [-0.2, -0.15) is 4.98 Å². The number of ether oxygens (including phenoxy) is 2. The first kappa shape index (κ1) is 12.2. The molecular formula is C9H13N3O4. The molecular weight excluding hydrogens is 214 g/mol. The zero-order valence-corrected chi connectivity index (χ0v) is 8.88. The maximum absolute atomic E-state index is 10.6. The van der Waals surface area contributed by atoms with Crippen LogP contribution in [0.2, 0.25) is 0 Å². The predicted molar refractivity (Wildman–Crippen MR) is 57.3 cm³/mol. The summed E-state index contributed by atoms with van der Waals surface area (Å²) >= 11 is 0. The molecule has 7 heteroatoms. The average Bonchev–Trinajstić information content (AvgIpc) is 2.24. The Hall–Kier alpha value is -1.89. The molecule has 0 amide bonds. The number of nitrogen functional groups attached to an aromatic ring is 1. The summed E-state index contributed by atoms with van der Waals surface area (Å²) in [7, 11) is 0. The molecule has 0 aliphatic rings. The lowest BCUT2D eigenvalue weighted by Gasteiger charge is -2.06. The Bertz CT molecular complexity index is 370. The van der Waals surface area contributed by atoms with Crippen molar-refractivity contribution < 1.29 is 14.4 Å². The van der Waals surface area contributed by atoms with Crippen molar-refractivity contribution in [3.8, 4) is 5.88 Å². The van der Waals surface area contributed by atoms with Crippen LogP contribution in [0.25, 0.3) is 0 Å². The second kappa shape index (κ2) is 5.86. The summed E-state index contributed by atoms with van der Waals surface area (Å²) in [6.07, 6.45) is 0. The second-order valence-corrected chi connectivity index (χ2v) is 2.86. The summed E-state index contributed by atoms with van der Waals surface area (Å²) in [6.45, 7) is 2.96. The highest BCUT2D eigenvalue weighted by molar-refractivity contribution is 5.46. The molecule has 0 aliphatic heterocycles. The van der Waals surface area contributed by atoms with Crippen LogP contribution in [0.15, 0.2) is 12.1 Å². The molecule has 0 atom stereocenters. The van der Waals surface area contributed by atoms with Crippen molar-refractivity contribution in [3.05, 3.63) is 22.2 Å². The lowest BCUT2D eigenvalue weighted by molar-refractivity contribution is -0.386. The summed E-state index contributed by atoms with van der Waals surface area (Å²) < 4.78 is 10.2. The minimum absolute atomic E-state index is 0.0790. The van der Waals surface area contributed by atoms with Gasteiger partial charge in [-0.25, -0.2) is 0 Å². The van der Waals surface area contributed by atoms with Crippen molar-refractivity contribution in [2.45, 2.75) is 6.92 Å². The van der Waals surface area contributed by atoms with E-state index >= 15 is 0 Å². The van der Waals surface area contributed by atoms with Gasteiger partial charge < -0.3 is 15.2 Å². The Morgan fingerprint density at radius 3 is 2.88 bits per heavy atom. The molecule has 1 rings (SSSR count). The Kier molecular flexibility index (Phi) is 4.46. The van der Waals surface area contributed by atoms with Crippen molar-refractivity contribution in [1.82, 2.24) is 4.98 Å². The fraction of sp³-hybridized carbons (Fsp3) is 0.444. The first-order valence-corrected chi connectivity index (χ1v) is 4.76. The third kappa shape index (κ3) is 3.35. The van der Waals surface area contributed by atoms with Crippen molar-refractivity contribution in [2.75, 3.05) is 25.6 Å². The van der Waals surface area contributed by atoms with Gasteiger partial charge >= 0.3 is 5.69 Å². The SMILES string of the molecule is CCOCCOc1nc(N)ccc1[N+](=O)[O-]. The summed E-state index contributed by atoms with van der Waals surface area (Å²) in [5.41, 5.74) is 5.21. The van der Waals surface area contributed by atoms with Crippen LogP contribution in [-0.4, -0.2) is 29.7 Å². The van der Waals surface area contributed by atoms with E-state index in [1.807, 2.05) is 6.92 Å². The van der Waals surface area contributed by atoms with E-state index < -0.39 is 4.92 Å². The van der Waals surface area contributed by atoms with Gasteiger partial charge in [0.05, 0.1) is 11.5 Å². The standard InChI is InChI=1S/C9H13N3O4/c1-2-15-5-6-16-9-7(12(13)14)3-4-8(10)11-9/h3-4H,2,5-6H2,1H3,(H2,10,11). The van der Waals surface area contributed by atoms with Crippen LogP contribution in [0.3, 0.4) is 0 Å². The number of hydrogen-bond donors (Lipinski definition) is 1. The van der Waals surface area contributed by atoms with Crippen LogP contribution in [0.4, 0.5) is 11.5 Å². The summed E-state index contributed by atoms with van der Waals surface area (Å²) in [5.74, 6) is 0.0988. The zero-order chi connectivity index (χ0) is 12.0. The molecule has 0 aliphatic carbocycles. The summed E-state index contributed by atoms with van der Waals surface area (Å²) in [5, 5.41) is 10.6. The molecule has 0 aromatic carbocycles. The number of nitrogens with two attached hydrogens (primary N) is 1. The van der Waals surface area contributed by atoms with Crippen molar-refractivity contribution in [1.29, 1.82) is 0 Å². The van der Waals surface area contributed by atoms with E-state index in [4.69, 9.17) is 15.2 Å². The average molecular weight is 227 g/mol. The molecule has 0 fully saturated rings. The van der Waals surface area contributed by atoms with Gasteiger partial charge in [0.25, 0.3) is 5.88 Å². The fourth-order valence-electron chi connectivity index (χ4n) is 1.03. The first-order chi connectivity index (χ1) is 7.65. The van der Waals surface area contributed by atoms with Gasteiger partial charge in [0.1, 0.15) is 12.4 Å². The van der Waals surface area contributed by atoms with Crippen LogP contribution in [0.1, 0.15) is 6.92 Å². The van der Waals surface area contributed by atoms with Crippen LogP contribution in [0, 0.1) is 10.1 Å². The van der Waals surface area contributed by atoms with Gasteiger partial charge in [-0.3, -0.25) is 10.1 Å². The van der Waals surface area contributed by atoms with Crippen LogP contribution < -0.4 is 10.5 Å². The maximum Gasteiger partial charge on any atom is 0.331 e. The van der Waals surface area contributed by atoms with E-state index in [0.29, 0.717) is 13.2 Å². The Labute approximate surface area is 92.3 Å². The van der Waals surface area contributed by atoms with Crippen LogP contribution in [-0.2, 0) is 4.74 Å². The molecule has 1 aromatic rings. The number of hydrogen-bond acceptors (Lipinski definition) is 6.